The third-order valence-corrected chi connectivity index (χ3v) is 4.01. The molecule has 0 saturated heterocycles. The molecule has 2 aromatic heterocycles. The van der Waals surface area contributed by atoms with Crippen LogP contribution in [0.4, 0.5) is 0 Å². The van der Waals surface area contributed by atoms with Crippen LogP contribution >= 0.6 is 11.6 Å². The lowest BCUT2D eigenvalue weighted by Gasteiger charge is -2.02. The summed E-state index contributed by atoms with van der Waals surface area (Å²) in [5.41, 5.74) is 3.72. The average Bonchev–Trinajstić information content (AvgIpc) is 3.01. The summed E-state index contributed by atoms with van der Waals surface area (Å²) in [6.45, 7) is 0. The number of hydrogen-bond acceptors (Lipinski definition) is 2. The van der Waals surface area contributed by atoms with Crippen LogP contribution in [0.5, 0.6) is 0 Å². The first kappa shape index (κ1) is 13.8. The van der Waals surface area contributed by atoms with Crippen molar-refractivity contribution in [2.75, 3.05) is 0 Å². The van der Waals surface area contributed by atoms with E-state index in [1.165, 1.54) is 0 Å². The molecule has 0 aliphatic heterocycles. The number of hydrogen-bond donors (Lipinski definition) is 2. The first-order valence-electron chi connectivity index (χ1n) is 7.15. The van der Waals surface area contributed by atoms with Crippen molar-refractivity contribution in [3.8, 4) is 22.5 Å². The van der Waals surface area contributed by atoms with Crippen molar-refractivity contribution in [2.45, 2.75) is 0 Å². The zero-order valence-electron chi connectivity index (χ0n) is 12.0. The van der Waals surface area contributed by atoms with E-state index in [4.69, 9.17) is 11.6 Å². The number of H-pyrrole nitrogens is 2. The molecule has 0 atom stereocenters. The Kier molecular flexibility index (Phi) is 3.24. The Labute approximate surface area is 136 Å². The Morgan fingerprint density at radius 3 is 2.39 bits per heavy atom. The Morgan fingerprint density at radius 1 is 0.913 bits per heavy atom. The van der Waals surface area contributed by atoms with Crippen LogP contribution in [-0.4, -0.2) is 15.2 Å². The van der Waals surface area contributed by atoms with E-state index >= 15 is 0 Å². The third-order valence-electron chi connectivity index (χ3n) is 3.76. The van der Waals surface area contributed by atoms with E-state index in [-0.39, 0.29) is 5.56 Å². The zero-order valence-corrected chi connectivity index (χ0v) is 12.8. The second kappa shape index (κ2) is 5.41. The summed E-state index contributed by atoms with van der Waals surface area (Å²) < 4.78 is 0. The summed E-state index contributed by atoms with van der Waals surface area (Å²) in [7, 11) is 0. The molecule has 4 rings (SSSR count). The van der Waals surface area contributed by atoms with E-state index in [2.05, 4.69) is 15.2 Å². The van der Waals surface area contributed by atoms with Crippen LogP contribution in [0.3, 0.4) is 0 Å². The quantitative estimate of drug-likeness (QED) is 0.580. The van der Waals surface area contributed by atoms with Crippen LogP contribution in [0.25, 0.3) is 33.4 Å². The highest BCUT2D eigenvalue weighted by Gasteiger charge is 2.13. The fourth-order valence-corrected chi connectivity index (χ4v) is 2.77. The van der Waals surface area contributed by atoms with Gasteiger partial charge in [0.15, 0.2) is 0 Å². The van der Waals surface area contributed by atoms with Crippen LogP contribution < -0.4 is 5.56 Å². The van der Waals surface area contributed by atoms with Crippen LogP contribution in [0, 0.1) is 0 Å². The van der Waals surface area contributed by atoms with Crippen LogP contribution in [0.15, 0.2) is 65.5 Å². The molecule has 0 saturated carbocycles. The summed E-state index contributed by atoms with van der Waals surface area (Å²) >= 11 is 5.91. The van der Waals surface area contributed by atoms with Crippen molar-refractivity contribution in [1.29, 1.82) is 0 Å². The van der Waals surface area contributed by atoms with Gasteiger partial charge in [-0.3, -0.25) is 9.89 Å². The van der Waals surface area contributed by atoms with Crippen molar-refractivity contribution < 1.29 is 0 Å². The molecule has 112 valence electrons. The van der Waals surface area contributed by atoms with Crippen molar-refractivity contribution in [3.63, 3.8) is 0 Å². The Morgan fingerprint density at radius 2 is 1.65 bits per heavy atom. The maximum Gasteiger partial charge on any atom is 0.260 e. The molecule has 0 unspecified atom stereocenters. The molecular formula is C18H12ClN3O. The molecule has 0 bridgehead atoms. The number of benzene rings is 2. The van der Waals surface area contributed by atoms with Gasteiger partial charge >= 0.3 is 0 Å². The van der Waals surface area contributed by atoms with Gasteiger partial charge in [-0.25, -0.2) is 0 Å². The fraction of sp³-hybridized carbons (Fsp3) is 0. The van der Waals surface area contributed by atoms with Gasteiger partial charge < -0.3 is 4.98 Å². The number of nitrogens with zero attached hydrogens (tertiary/aromatic N) is 1. The fourth-order valence-electron chi connectivity index (χ4n) is 2.64. The normalized spacial score (nSPS) is 11.0. The summed E-state index contributed by atoms with van der Waals surface area (Å²) in [5.74, 6) is 0. The molecule has 2 aromatic carbocycles. The zero-order chi connectivity index (χ0) is 15.8. The van der Waals surface area contributed by atoms with Gasteiger partial charge in [-0.2, -0.15) is 5.10 Å². The van der Waals surface area contributed by atoms with Gasteiger partial charge in [-0.15, -0.1) is 0 Å². The Balaban J connectivity index is 1.91. The average molecular weight is 322 g/mol. The lowest BCUT2D eigenvalue weighted by molar-refractivity contribution is 1.12. The molecule has 0 amide bonds. The van der Waals surface area contributed by atoms with Gasteiger partial charge in [0.1, 0.15) is 5.69 Å². The van der Waals surface area contributed by atoms with Crippen molar-refractivity contribution in [1.82, 2.24) is 15.2 Å². The molecule has 4 aromatic rings. The van der Waals surface area contributed by atoms with Crippen LogP contribution in [0.1, 0.15) is 0 Å². The molecule has 0 aliphatic carbocycles. The largest absolute Gasteiger partial charge is 0.321 e. The molecular weight excluding hydrogens is 310 g/mol. The van der Waals surface area contributed by atoms with Crippen LogP contribution in [0.2, 0.25) is 5.02 Å². The lowest BCUT2D eigenvalue weighted by Crippen LogP contribution is -2.07. The van der Waals surface area contributed by atoms with Crippen molar-refractivity contribution in [2.24, 2.45) is 0 Å². The van der Waals surface area contributed by atoms with Gasteiger partial charge in [0, 0.05) is 10.6 Å². The monoisotopic (exact) mass is 321 g/mol. The second-order valence-electron chi connectivity index (χ2n) is 5.25. The standard InChI is InChI=1S/C18H12ClN3O/c19-13-8-6-11(7-9-13)14-10-15-16(18(23)20-14)17(22-21-15)12-4-2-1-3-5-12/h1-10H,(H,20,23)(H,21,22). The highest BCUT2D eigenvalue weighted by molar-refractivity contribution is 6.30. The van der Waals surface area contributed by atoms with E-state index in [1.807, 2.05) is 48.5 Å². The maximum absolute atomic E-state index is 12.6. The molecule has 5 heteroatoms. The first-order chi connectivity index (χ1) is 11.2. The third kappa shape index (κ3) is 2.43. The predicted molar refractivity (Wildman–Crippen MR) is 92.6 cm³/mol. The highest BCUT2D eigenvalue weighted by atomic mass is 35.5. The molecule has 0 radical (unpaired) electrons. The molecule has 23 heavy (non-hydrogen) atoms. The number of pyridine rings is 1. The van der Waals surface area contributed by atoms with Crippen LogP contribution in [-0.2, 0) is 0 Å². The van der Waals surface area contributed by atoms with E-state index in [1.54, 1.807) is 12.1 Å². The molecule has 0 fully saturated rings. The van der Waals surface area contributed by atoms with Crippen molar-refractivity contribution in [3.05, 3.63) is 76.0 Å². The SMILES string of the molecule is O=c1[nH]c(-c2ccc(Cl)cc2)cc2[nH]nc(-c3ccccc3)c12. The minimum Gasteiger partial charge on any atom is -0.321 e. The Bertz CT molecular complexity index is 1030. The number of rotatable bonds is 2. The summed E-state index contributed by atoms with van der Waals surface area (Å²) in [6.07, 6.45) is 0. The van der Waals surface area contributed by atoms with E-state index in [0.717, 1.165) is 16.8 Å². The smallest absolute Gasteiger partial charge is 0.260 e. The van der Waals surface area contributed by atoms with E-state index < -0.39 is 0 Å². The van der Waals surface area contributed by atoms with E-state index in [0.29, 0.717) is 21.6 Å². The maximum atomic E-state index is 12.6. The number of nitrogens with one attached hydrogen (secondary N) is 2. The van der Waals surface area contributed by atoms with Crippen molar-refractivity contribution >= 4 is 22.5 Å². The molecule has 0 aliphatic rings. The van der Waals surface area contributed by atoms with Gasteiger partial charge in [0.05, 0.1) is 16.6 Å². The second-order valence-corrected chi connectivity index (χ2v) is 5.68. The highest BCUT2D eigenvalue weighted by Crippen LogP contribution is 2.26. The molecule has 4 nitrogen and oxygen atoms in total. The summed E-state index contributed by atoms with van der Waals surface area (Å²) in [4.78, 5) is 15.5. The topological polar surface area (TPSA) is 61.5 Å². The van der Waals surface area contributed by atoms with Gasteiger partial charge in [0.2, 0.25) is 0 Å². The number of aromatic amines is 2. The Hall–Kier alpha value is -2.85. The molecule has 2 heterocycles. The number of aromatic nitrogens is 3. The number of fused-ring (bicyclic) bond motifs is 1. The lowest BCUT2D eigenvalue weighted by atomic mass is 10.1. The molecule has 2 N–H and O–H groups in total. The summed E-state index contributed by atoms with van der Waals surface area (Å²) in [5, 5.41) is 8.48. The van der Waals surface area contributed by atoms with Gasteiger partial charge in [-0.05, 0) is 23.8 Å². The van der Waals surface area contributed by atoms with Gasteiger partial charge in [-0.1, -0.05) is 54.1 Å². The predicted octanol–water partition coefficient (Wildman–Crippen LogP) is 4.24. The molecule has 0 spiro atoms. The number of halogens is 1. The van der Waals surface area contributed by atoms with E-state index in [9.17, 15) is 4.79 Å². The first-order valence-corrected chi connectivity index (χ1v) is 7.53. The summed E-state index contributed by atoms with van der Waals surface area (Å²) in [6, 6.07) is 18.9. The minimum absolute atomic E-state index is 0.167. The minimum atomic E-state index is -0.167. The van der Waals surface area contributed by atoms with Gasteiger partial charge in [0.25, 0.3) is 5.56 Å².